The molecule has 90 valence electrons. The fourth-order valence-corrected chi connectivity index (χ4v) is 1.80. The van der Waals surface area contributed by atoms with E-state index in [2.05, 4.69) is 12.2 Å². The summed E-state index contributed by atoms with van der Waals surface area (Å²) in [6.45, 7) is 6.50. The maximum absolute atomic E-state index is 10.0. The van der Waals surface area contributed by atoms with Crippen LogP contribution in [0.15, 0.2) is 18.2 Å². The van der Waals surface area contributed by atoms with Crippen molar-refractivity contribution in [3.63, 3.8) is 0 Å². The van der Waals surface area contributed by atoms with E-state index in [1.54, 1.807) is 0 Å². The molecule has 1 atom stereocenters. The van der Waals surface area contributed by atoms with Gasteiger partial charge in [-0.3, -0.25) is 0 Å². The smallest absolute Gasteiger partial charge is 0.0791 e. The molecule has 0 aliphatic heterocycles. The van der Waals surface area contributed by atoms with Crippen LogP contribution in [0.4, 0.5) is 11.4 Å². The summed E-state index contributed by atoms with van der Waals surface area (Å²) in [7, 11) is 0. The number of benzene rings is 1. The molecule has 0 amide bonds. The number of nitrogens with two attached hydrogens (primary N) is 1. The number of aliphatic hydroxyl groups is 1. The molecular formula is C13H22N2O. The van der Waals surface area contributed by atoms with Crippen molar-refractivity contribution in [2.45, 2.75) is 39.2 Å². The van der Waals surface area contributed by atoms with Crippen LogP contribution in [0, 0.1) is 6.92 Å². The van der Waals surface area contributed by atoms with Crippen LogP contribution in [0.2, 0.25) is 0 Å². The first-order valence-electron chi connectivity index (χ1n) is 5.77. The molecule has 3 heteroatoms. The summed E-state index contributed by atoms with van der Waals surface area (Å²) in [5.74, 6) is 0. The molecule has 3 nitrogen and oxygen atoms in total. The molecule has 1 unspecified atom stereocenters. The third-order valence-corrected chi connectivity index (χ3v) is 2.70. The van der Waals surface area contributed by atoms with Gasteiger partial charge in [-0.2, -0.15) is 0 Å². The fourth-order valence-electron chi connectivity index (χ4n) is 1.80. The van der Waals surface area contributed by atoms with Gasteiger partial charge in [-0.05, 0) is 44.0 Å². The van der Waals surface area contributed by atoms with Gasteiger partial charge >= 0.3 is 0 Å². The third-order valence-electron chi connectivity index (χ3n) is 2.70. The van der Waals surface area contributed by atoms with Gasteiger partial charge in [-0.15, -0.1) is 0 Å². The van der Waals surface area contributed by atoms with E-state index in [1.165, 1.54) is 0 Å². The van der Waals surface area contributed by atoms with Crippen LogP contribution in [0.25, 0.3) is 0 Å². The molecule has 0 aliphatic carbocycles. The molecule has 0 bridgehead atoms. The summed E-state index contributed by atoms with van der Waals surface area (Å²) in [6, 6.07) is 5.74. The molecule has 0 fully saturated rings. The summed E-state index contributed by atoms with van der Waals surface area (Å²) in [5, 5.41) is 13.3. The van der Waals surface area contributed by atoms with E-state index < -0.39 is 5.60 Å². The van der Waals surface area contributed by atoms with Gasteiger partial charge in [0.15, 0.2) is 0 Å². The normalized spacial score (nSPS) is 14.5. The van der Waals surface area contributed by atoms with Crippen LogP contribution in [0.5, 0.6) is 0 Å². The number of rotatable bonds is 5. The second-order valence-electron chi connectivity index (χ2n) is 4.67. The predicted octanol–water partition coefficient (Wildman–Crippen LogP) is 2.54. The molecule has 1 rings (SSSR count). The molecule has 1 aromatic carbocycles. The summed E-state index contributed by atoms with van der Waals surface area (Å²) in [4.78, 5) is 0. The van der Waals surface area contributed by atoms with Crippen LogP contribution < -0.4 is 11.1 Å². The first-order chi connectivity index (χ1) is 7.44. The number of hydrogen-bond acceptors (Lipinski definition) is 3. The highest BCUT2D eigenvalue weighted by atomic mass is 16.3. The van der Waals surface area contributed by atoms with Crippen molar-refractivity contribution >= 4 is 11.4 Å². The fraction of sp³-hybridized carbons (Fsp3) is 0.538. The van der Waals surface area contributed by atoms with E-state index in [1.807, 2.05) is 32.0 Å². The second-order valence-corrected chi connectivity index (χ2v) is 4.67. The highest BCUT2D eigenvalue weighted by Crippen LogP contribution is 2.19. The number of hydrogen-bond donors (Lipinski definition) is 3. The minimum Gasteiger partial charge on any atom is -0.399 e. The Morgan fingerprint density at radius 2 is 2.12 bits per heavy atom. The monoisotopic (exact) mass is 222 g/mol. The van der Waals surface area contributed by atoms with Crippen molar-refractivity contribution < 1.29 is 5.11 Å². The molecule has 0 heterocycles. The maximum atomic E-state index is 10.0. The summed E-state index contributed by atoms with van der Waals surface area (Å²) in [5.41, 5.74) is 7.93. The lowest BCUT2D eigenvalue weighted by Gasteiger charge is -2.24. The van der Waals surface area contributed by atoms with Gasteiger partial charge in [0.1, 0.15) is 0 Å². The molecule has 0 radical (unpaired) electrons. The van der Waals surface area contributed by atoms with Gasteiger partial charge in [-0.1, -0.05) is 13.3 Å². The van der Waals surface area contributed by atoms with E-state index in [0.29, 0.717) is 6.54 Å². The van der Waals surface area contributed by atoms with Crippen LogP contribution >= 0.6 is 0 Å². The lowest BCUT2D eigenvalue weighted by atomic mass is 10.0. The van der Waals surface area contributed by atoms with Crippen molar-refractivity contribution in [2.75, 3.05) is 17.6 Å². The minimum absolute atomic E-state index is 0.561. The average molecular weight is 222 g/mol. The topological polar surface area (TPSA) is 58.3 Å². The third kappa shape index (κ3) is 3.74. The summed E-state index contributed by atoms with van der Waals surface area (Å²) in [6.07, 6.45) is 1.78. The van der Waals surface area contributed by atoms with E-state index in [9.17, 15) is 5.11 Å². The van der Waals surface area contributed by atoms with Crippen LogP contribution in [-0.2, 0) is 0 Å². The first-order valence-corrected chi connectivity index (χ1v) is 5.77. The Balaban J connectivity index is 2.61. The summed E-state index contributed by atoms with van der Waals surface area (Å²) < 4.78 is 0. The number of nitrogens with one attached hydrogen (secondary N) is 1. The van der Waals surface area contributed by atoms with Crippen molar-refractivity contribution in [3.8, 4) is 0 Å². The zero-order chi connectivity index (χ0) is 12.2. The van der Waals surface area contributed by atoms with E-state index in [-0.39, 0.29) is 0 Å². The van der Waals surface area contributed by atoms with E-state index in [0.717, 1.165) is 29.8 Å². The van der Waals surface area contributed by atoms with Crippen LogP contribution in [0.3, 0.4) is 0 Å². The molecule has 16 heavy (non-hydrogen) atoms. The highest BCUT2D eigenvalue weighted by molar-refractivity contribution is 5.57. The molecule has 0 saturated carbocycles. The largest absolute Gasteiger partial charge is 0.399 e. The Morgan fingerprint density at radius 1 is 1.44 bits per heavy atom. The Labute approximate surface area is 97.7 Å². The quantitative estimate of drug-likeness (QED) is 0.671. The zero-order valence-electron chi connectivity index (χ0n) is 10.4. The van der Waals surface area contributed by atoms with Crippen molar-refractivity contribution in [3.05, 3.63) is 23.8 Å². The Morgan fingerprint density at radius 3 is 2.69 bits per heavy atom. The maximum Gasteiger partial charge on any atom is 0.0791 e. The van der Waals surface area contributed by atoms with Gasteiger partial charge in [0.2, 0.25) is 0 Å². The Bertz CT molecular complexity index is 348. The van der Waals surface area contributed by atoms with Gasteiger partial charge in [0, 0.05) is 17.9 Å². The molecule has 0 saturated heterocycles. The van der Waals surface area contributed by atoms with Crippen LogP contribution in [-0.4, -0.2) is 17.3 Å². The first kappa shape index (κ1) is 12.8. The number of anilines is 2. The molecule has 0 aromatic heterocycles. The van der Waals surface area contributed by atoms with Crippen molar-refractivity contribution in [2.24, 2.45) is 0 Å². The Hall–Kier alpha value is -1.22. The van der Waals surface area contributed by atoms with Gasteiger partial charge in [0.05, 0.1) is 5.60 Å². The minimum atomic E-state index is -0.650. The van der Waals surface area contributed by atoms with Gasteiger partial charge < -0.3 is 16.2 Å². The second kappa shape index (κ2) is 5.21. The highest BCUT2D eigenvalue weighted by Gasteiger charge is 2.18. The van der Waals surface area contributed by atoms with Gasteiger partial charge in [-0.25, -0.2) is 0 Å². The molecule has 0 spiro atoms. The standard InChI is InChI=1S/C13H22N2O/c1-4-7-13(3,16)9-15-12-6-5-11(14)8-10(12)2/h5-6,8,15-16H,4,7,9,14H2,1-3H3. The molecule has 4 N–H and O–H groups in total. The molecular weight excluding hydrogens is 200 g/mol. The van der Waals surface area contributed by atoms with E-state index >= 15 is 0 Å². The Kier molecular flexibility index (Phi) is 4.19. The SMILES string of the molecule is CCCC(C)(O)CNc1ccc(N)cc1C. The van der Waals surface area contributed by atoms with E-state index in [4.69, 9.17) is 5.73 Å². The summed E-state index contributed by atoms with van der Waals surface area (Å²) >= 11 is 0. The molecule has 1 aromatic rings. The number of aryl methyl sites for hydroxylation is 1. The zero-order valence-corrected chi connectivity index (χ0v) is 10.4. The lowest BCUT2D eigenvalue weighted by Crippen LogP contribution is -2.33. The average Bonchev–Trinajstić information content (AvgIpc) is 2.16. The van der Waals surface area contributed by atoms with Crippen molar-refractivity contribution in [1.29, 1.82) is 0 Å². The van der Waals surface area contributed by atoms with Crippen LogP contribution in [0.1, 0.15) is 32.3 Å². The predicted molar refractivity (Wildman–Crippen MR) is 69.6 cm³/mol. The lowest BCUT2D eigenvalue weighted by molar-refractivity contribution is 0.0637. The molecule has 0 aliphatic rings. The number of nitrogen functional groups attached to an aromatic ring is 1. The van der Waals surface area contributed by atoms with Crippen molar-refractivity contribution in [1.82, 2.24) is 0 Å². The van der Waals surface area contributed by atoms with Gasteiger partial charge in [0.25, 0.3) is 0 Å².